The molecular formula is C15H17ClN2O3. The minimum atomic E-state index is -0.820. The number of benzene rings is 1. The predicted molar refractivity (Wildman–Crippen MR) is 81.6 cm³/mol. The summed E-state index contributed by atoms with van der Waals surface area (Å²) in [5, 5.41) is 15.7. The zero-order chi connectivity index (χ0) is 15.4. The van der Waals surface area contributed by atoms with Gasteiger partial charge in [0.05, 0.1) is 16.8 Å². The Morgan fingerprint density at radius 3 is 2.71 bits per heavy atom. The van der Waals surface area contributed by atoms with Gasteiger partial charge < -0.3 is 20.2 Å². The Balaban J connectivity index is 1.89. The van der Waals surface area contributed by atoms with Crippen LogP contribution in [0.3, 0.4) is 0 Å². The van der Waals surface area contributed by atoms with E-state index in [0.29, 0.717) is 22.0 Å². The topological polar surface area (TPSA) is 74.5 Å². The molecule has 0 fully saturated rings. The van der Waals surface area contributed by atoms with Gasteiger partial charge in [0.2, 0.25) is 0 Å². The fourth-order valence-corrected chi connectivity index (χ4v) is 2.19. The third kappa shape index (κ3) is 4.00. The van der Waals surface area contributed by atoms with E-state index in [1.807, 2.05) is 0 Å². The van der Waals surface area contributed by atoms with Crippen LogP contribution < -0.4 is 10.6 Å². The van der Waals surface area contributed by atoms with Crippen LogP contribution >= 0.6 is 11.6 Å². The highest BCUT2D eigenvalue weighted by Gasteiger charge is 2.15. The smallest absolute Gasteiger partial charge is 0.319 e. The Labute approximate surface area is 127 Å². The van der Waals surface area contributed by atoms with Gasteiger partial charge in [-0.3, -0.25) is 0 Å². The predicted octanol–water partition coefficient (Wildman–Crippen LogP) is 3.40. The van der Waals surface area contributed by atoms with E-state index in [4.69, 9.17) is 16.0 Å². The van der Waals surface area contributed by atoms with E-state index in [1.165, 1.54) is 0 Å². The van der Waals surface area contributed by atoms with Crippen LogP contribution in [-0.4, -0.2) is 17.7 Å². The SMILES string of the molecule is Cc1cc(C(O)CNC(=O)Nc2ccccc2Cl)c(C)o1. The van der Waals surface area contributed by atoms with Crippen molar-refractivity contribution >= 4 is 23.3 Å². The molecule has 0 aliphatic rings. The van der Waals surface area contributed by atoms with E-state index >= 15 is 0 Å². The van der Waals surface area contributed by atoms with E-state index in [1.54, 1.807) is 44.2 Å². The molecule has 0 saturated heterocycles. The zero-order valence-corrected chi connectivity index (χ0v) is 12.6. The van der Waals surface area contributed by atoms with Crippen LogP contribution in [-0.2, 0) is 0 Å². The summed E-state index contributed by atoms with van der Waals surface area (Å²) in [6.07, 6.45) is -0.820. The van der Waals surface area contributed by atoms with Gasteiger partial charge in [-0.1, -0.05) is 23.7 Å². The summed E-state index contributed by atoms with van der Waals surface area (Å²) in [7, 11) is 0. The van der Waals surface area contributed by atoms with Gasteiger partial charge >= 0.3 is 6.03 Å². The molecule has 1 aromatic carbocycles. The van der Waals surface area contributed by atoms with E-state index < -0.39 is 12.1 Å². The van der Waals surface area contributed by atoms with Crippen molar-refractivity contribution in [2.75, 3.05) is 11.9 Å². The van der Waals surface area contributed by atoms with Gasteiger partial charge in [-0.15, -0.1) is 0 Å². The number of amides is 2. The molecule has 0 bridgehead atoms. The van der Waals surface area contributed by atoms with Crippen LogP contribution in [0.2, 0.25) is 5.02 Å². The largest absolute Gasteiger partial charge is 0.466 e. The summed E-state index contributed by atoms with van der Waals surface area (Å²) in [4.78, 5) is 11.8. The lowest BCUT2D eigenvalue weighted by molar-refractivity contribution is 0.173. The van der Waals surface area contributed by atoms with E-state index in [9.17, 15) is 9.90 Å². The lowest BCUT2D eigenvalue weighted by Crippen LogP contribution is -2.32. The van der Waals surface area contributed by atoms with Gasteiger partial charge in [-0.25, -0.2) is 4.79 Å². The van der Waals surface area contributed by atoms with Crippen molar-refractivity contribution in [3.05, 3.63) is 52.4 Å². The Kier molecular flexibility index (Phi) is 4.88. The van der Waals surface area contributed by atoms with Crippen LogP contribution in [0.25, 0.3) is 0 Å². The third-order valence-electron chi connectivity index (χ3n) is 3.02. The summed E-state index contributed by atoms with van der Waals surface area (Å²) < 4.78 is 5.35. The Morgan fingerprint density at radius 2 is 2.10 bits per heavy atom. The van der Waals surface area contributed by atoms with Gasteiger partial charge in [0.15, 0.2) is 0 Å². The third-order valence-corrected chi connectivity index (χ3v) is 3.35. The molecule has 3 N–H and O–H groups in total. The molecule has 0 radical (unpaired) electrons. The number of aliphatic hydroxyl groups is 1. The molecular weight excluding hydrogens is 292 g/mol. The van der Waals surface area contributed by atoms with Crippen molar-refractivity contribution in [3.8, 4) is 0 Å². The van der Waals surface area contributed by atoms with Crippen molar-refractivity contribution in [1.29, 1.82) is 0 Å². The monoisotopic (exact) mass is 308 g/mol. The molecule has 2 aromatic rings. The molecule has 0 aliphatic carbocycles. The highest BCUT2D eigenvalue weighted by atomic mass is 35.5. The normalized spacial score (nSPS) is 12.0. The van der Waals surface area contributed by atoms with E-state index in [0.717, 1.165) is 5.76 Å². The zero-order valence-electron chi connectivity index (χ0n) is 11.8. The molecule has 2 rings (SSSR count). The molecule has 5 nitrogen and oxygen atoms in total. The van der Waals surface area contributed by atoms with Gasteiger partial charge in [0, 0.05) is 12.1 Å². The van der Waals surface area contributed by atoms with Crippen molar-refractivity contribution < 1.29 is 14.3 Å². The molecule has 1 aromatic heterocycles. The Morgan fingerprint density at radius 1 is 1.38 bits per heavy atom. The number of halogens is 1. The molecule has 112 valence electrons. The average Bonchev–Trinajstić information content (AvgIpc) is 2.78. The first kappa shape index (κ1) is 15.4. The fraction of sp³-hybridized carbons (Fsp3) is 0.267. The minimum absolute atomic E-state index is 0.0795. The molecule has 6 heteroatoms. The number of rotatable bonds is 4. The summed E-state index contributed by atoms with van der Waals surface area (Å²) in [6, 6.07) is 8.26. The lowest BCUT2D eigenvalue weighted by Gasteiger charge is -2.12. The highest BCUT2D eigenvalue weighted by molar-refractivity contribution is 6.33. The van der Waals surface area contributed by atoms with Crippen LogP contribution in [0.5, 0.6) is 0 Å². The van der Waals surface area contributed by atoms with E-state index in [2.05, 4.69) is 10.6 Å². The summed E-state index contributed by atoms with van der Waals surface area (Å²) >= 11 is 5.95. The van der Waals surface area contributed by atoms with Crippen molar-refractivity contribution in [2.24, 2.45) is 0 Å². The maximum atomic E-state index is 11.8. The number of anilines is 1. The van der Waals surface area contributed by atoms with Crippen molar-refractivity contribution in [1.82, 2.24) is 5.32 Å². The Bertz CT molecular complexity index is 640. The van der Waals surface area contributed by atoms with Gasteiger partial charge in [0.1, 0.15) is 11.5 Å². The lowest BCUT2D eigenvalue weighted by atomic mass is 10.1. The van der Waals surface area contributed by atoms with Crippen LogP contribution in [0, 0.1) is 13.8 Å². The van der Waals surface area contributed by atoms with Gasteiger partial charge in [-0.2, -0.15) is 0 Å². The number of aliphatic hydroxyl groups excluding tert-OH is 1. The van der Waals surface area contributed by atoms with Crippen LogP contribution in [0.15, 0.2) is 34.7 Å². The number of hydrogen-bond acceptors (Lipinski definition) is 3. The number of carbonyl (C=O) groups is 1. The molecule has 1 unspecified atom stereocenters. The number of hydrogen-bond donors (Lipinski definition) is 3. The van der Waals surface area contributed by atoms with Crippen LogP contribution in [0.1, 0.15) is 23.2 Å². The second kappa shape index (κ2) is 6.65. The molecule has 1 atom stereocenters. The molecule has 0 spiro atoms. The second-order valence-corrected chi connectivity index (χ2v) is 5.11. The number of aryl methyl sites for hydroxylation is 2. The summed E-state index contributed by atoms with van der Waals surface area (Å²) in [5.41, 5.74) is 1.19. The maximum absolute atomic E-state index is 11.8. The molecule has 21 heavy (non-hydrogen) atoms. The number of furan rings is 1. The summed E-state index contributed by atoms with van der Waals surface area (Å²) in [5.74, 6) is 1.37. The first-order chi connectivity index (χ1) is 9.97. The molecule has 2 amide bonds. The molecule has 1 heterocycles. The maximum Gasteiger partial charge on any atom is 0.319 e. The Hall–Kier alpha value is -1.98. The molecule has 0 aliphatic heterocycles. The number of para-hydroxylation sites is 1. The van der Waals surface area contributed by atoms with Crippen LogP contribution in [0.4, 0.5) is 10.5 Å². The fourth-order valence-electron chi connectivity index (χ4n) is 2.01. The second-order valence-electron chi connectivity index (χ2n) is 4.70. The minimum Gasteiger partial charge on any atom is -0.466 e. The van der Waals surface area contributed by atoms with Crippen molar-refractivity contribution in [3.63, 3.8) is 0 Å². The van der Waals surface area contributed by atoms with Gasteiger partial charge in [0.25, 0.3) is 0 Å². The first-order valence-electron chi connectivity index (χ1n) is 6.51. The number of urea groups is 1. The summed E-state index contributed by atoms with van der Waals surface area (Å²) in [6.45, 7) is 3.66. The number of carbonyl (C=O) groups excluding carboxylic acids is 1. The first-order valence-corrected chi connectivity index (χ1v) is 6.89. The average molecular weight is 309 g/mol. The van der Waals surface area contributed by atoms with Gasteiger partial charge in [-0.05, 0) is 32.0 Å². The van der Waals surface area contributed by atoms with E-state index in [-0.39, 0.29) is 6.54 Å². The molecule has 0 saturated carbocycles. The number of nitrogens with one attached hydrogen (secondary N) is 2. The van der Waals surface area contributed by atoms with Crippen molar-refractivity contribution in [2.45, 2.75) is 20.0 Å². The standard InChI is InChI=1S/C15H17ClN2O3/c1-9-7-11(10(2)21-9)14(19)8-17-15(20)18-13-6-4-3-5-12(13)16/h3-7,14,19H,8H2,1-2H3,(H2,17,18,20). The quantitative estimate of drug-likeness (QED) is 0.810. The highest BCUT2D eigenvalue weighted by Crippen LogP contribution is 2.22.